The van der Waals surface area contributed by atoms with Gasteiger partial charge in [0.05, 0.1) is 12.6 Å². The summed E-state index contributed by atoms with van der Waals surface area (Å²) in [5, 5.41) is 3.13. The molecule has 1 aromatic rings. The molecule has 4 nitrogen and oxygen atoms in total. The summed E-state index contributed by atoms with van der Waals surface area (Å²) in [6.45, 7) is 4.25. The van der Waals surface area contributed by atoms with E-state index in [2.05, 4.69) is 5.32 Å². The van der Waals surface area contributed by atoms with Crippen molar-refractivity contribution in [3.63, 3.8) is 0 Å². The van der Waals surface area contributed by atoms with Crippen LogP contribution in [0.3, 0.4) is 0 Å². The van der Waals surface area contributed by atoms with Crippen LogP contribution in [0.15, 0.2) is 24.3 Å². The molecule has 0 aromatic heterocycles. The van der Waals surface area contributed by atoms with Gasteiger partial charge < -0.3 is 15.0 Å². The predicted octanol–water partition coefficient (Wildman–Crippen LogP) is 1.95. The van der Waals surface area contributed by atoms with Crippen LogP contribution in [0.5, 0.6) is 0 Å². The summed E-state index contributed by atoms with van der Waals surface area (Å²) in [7, 11) is 0. The number of rotatable bonds is 6. The molecule has 110 valence electrons. The molecule has 5 heteroatoms. The van der Waals surface area contributed by atoms with E-state index in [0.29, 0.717) is 13.1 Å². The number of benzene rings is 1. The summed E-state index contributed by atoms with van der Waals surface area (Å²) in [5.41, 5.74) is 0.720. The van der Waals surface area contributed by atoms with Crippen LogP contribution in [0.1, 0.15) is 19.8 Å². The molecule has 0 spiro atoms. The number of hydrogen-bond acceptors (Lipinski definition) is 3. The van der Waals surface area contributed by atoms with E-state index < -0.39 is 0 Å². The Morgan fingerprint density at radius 1 is 1.45 bits per heavy atom. The molecule has 20 heavy (non-hydrogen) atoms. The Labute approximate surface area is 118 Å². The molecular weight excluding hydrogens is 259 g/mol. The van der Waals surface area contributed by atoms with Crippen LogP contribution in [0.2, 0.25) is 0 Å². The Morgan fingerprint density at radius 3 is 2.80 bits per heavy atom. The van der Waals surface area contributed by atoms with E-state index in [0.717, 1.165) is 25.1 Å². The number of likely N-dealkylation sites (N-methyl/N-ethyl adjacent to an activating group) is 1. The number of hydrogen-bond donors (Lipinski definition) is 1. The van der Waals surface area contributed by atoms with Crippen molar-refractivity contribution >= 4 is 11.6 Å². The van der Waals surface area contributed by atoms with Crippen LogP contribution < -0.4 is 10.2 Å². The monoisotopic (exact) mass is 280 g/mol. The first-order valence-corrected chi connectivity index (χ1v) is 7.09. The summed E-state index contributed by atoms with van der Waals surface area (Å²) in [5.74, 6) is -0.314. The third kappa shape index (κ3) is 4.02. The van der Waals surface area contributed by atoms with Crippen molar-refractivity contribution in [1.29, 1.82) is 0 Å². The first-order chi connectivity index (χ1) is 9.70. The molecular formula is C15H21FN2O2. The lowest BCUT2D eigenvalue weighted by molar-refractivity contribution is -0.117. The number of carbonyl (C=O) groups is 1. The maximum absolute atomic E-state index is 12.9. The van der Waals surface area contributed by atoms with Crippen LogP contribution in [0.4, 0.5) is 10.1 Å². The van der Waals surface area contributed by atoms with Crippen molar-refractivity contribution in [3.8, 4) is 0 Å². The van der Waals surface area contributed by atoms with Crippen molar-refractivity contribution in [2.75, 3.05) is 31.1 Å². The summed E-state index contributed by atoms with van der Waals surface area (Å²) in [6.07, 6.45) is 2.37. The van der Waals surface area contributed by atoms with Crippen LogP contribution in [0.25, 0.3) is 0 Å². The summed E-state index contributed by atoms with van der Waals surface area (Å²) >= 11 is 0. The molecule has 0 bridgehead atoms. The highest BCUT2D eigenvalue weighted by molar-refractivity contribution is 5.94. The molecule has 1 atom stereocenters. The topological polar surface area (TPSA) is 41.6 Å². The lowest BCUT2D eigenvalue weighted by Crippen LogP contribution is -2.40. The molecule has 1 aliphatic rings. The highest BCUT2D eigenvalue weighted by atomic mass is 19.1. The number of halogens is 1. The van der Waals surface area contributed by atoms with Gasteiger partial charge in [-0.2, -0.15) is 0 Å². The van der Waals surface area contributed by atoms with Gasteiger partial charge in [-0.3, -0.25) is 4.79 Å². The van der Waals surface area contributed by atoms with E-state index in [1.807, 2.05) is 6.92 Å². The largest absolute Gasteiger partial charge is 0.377 e. The molecule has 2 rings (SSSR count). The Kier molecular flexibility index (Phi) is 5.49. The third-order valence-electron chi connectivity index (χ3n) is 3.43. The van der Waals surface area contributed by atoms with Gasteiger partial charge in [-0.15, -0.1) is 0 Å². The van der Waals surface area contributed by atoms with Crippen LogP contribution in [0, 0.1) is 5.82 Å². The van der Waals surface area contributed by atoms with Gasteiger partial charge in [0.15, 0.2) is 0 Å². The first-order valence-electron chi connectivity index (χ1n) is 7.09. The first kappa shape index (κ1) is 14.9. The number of nitrogens with zero attached hydrogens (tertiary/aromatic N) is 1. The maximum atomic E-state index is 12.9. The fourth-order valence-electron chi connectivity index (χ4n) is 2.36. The summed E-state index contributed by atoms with van der Waals surface area (Å²) in [4.78, 5) is 13.8. The van der Waals surface area contributed by atoms with E-state index in [9.17, 15) is 9.18 Å². The van der Waals surface area contributed by atoms with Crippen LogP contribution >= 0.6 is 0 Å². The molecule has 1 fully saturated rings. The van der Waals surface area contributed by atoms with Gasteiger partial charge in [-0.25, -0.2) is 4.39 Å². The molecule has 0 radical (unpaired) electrons. The Hall–Kier alpha value is -1.46. The second kappa shape index (κ2) is 7.36. The SMILES string of the molecule is CCN(C(=O)CNCC1CCCO1)c1ccc(F)cc1. The van der Waals surface area contributed by atoms with Gasteiger partial charge in [-0.1, -0.05) is 0 Å². The van der Waals surface area contributed by atoms with E-state index in [4.69, 9.17) is 4.74 Å². The second-order valence-electron chi connectivity index (χ2n) is 4.88. The minimum atomic E-state index is -0.297. The van der Waals surface area contributed by atoms with Gasteiger partial charge in [0.2, 0.25) is 5.91 Å². The Bertz CT molecular complexity index is 430. The number of carbonyl (C=O) groups excluding carboxylic acids is 1. The van der Waals surface area contributed by atoms with Crippen LogP contribution in [-0.4, -0.2) is 38.3 Å². The lowest BCUT2D eigenvalue weighted by Gasteiger charge is -2.21. The fourth-order valence-corrected chi connectivity index (χ4v) is 2.36. The smallest absolute Gasteiger partial charge is 0.240 e. The van der Waals surface area contributed by atoms with Crippen molar-refractivity contribution in [2.45, 2.75) is 25.9 Å². The highest BCUT2D eigenvalue weighted by Gasteiger charge is 2.17. The third-order valence-corrected chi connectivity index (χ3v) is 3.43. The van der Waals surface area contributed by atoms with E-state index in [1.165, 1.54) is 12.1 Å². The zero-order chi connectivity index (χ0) is 14.4. The molecule has 1 amide bonds. The fraction of sp³-hybridized carbons (Fsp3) is 0.533. The maximum Gasteiger partial charge on any atom is 0.240 e. The molecule has 0 saturated carbocycles. The average Bonchev–Trinajstić information content (AvgIpc) is 2.95. The molecule has 1 unspecified atom stereocenters. The molecule has 1 N–H and O–H groups in total. The second-order valence-corrected chi connectivity index (χ2v) is 4.88. The van der Waals surface area contributed by atoms with Gasteiger partial charge in [0.25, 0.3) is 0 Å². The average molecular weight is 280 g/mol. The lowest BCUT2D eigenvalue weighted by atomic mass is 10.2. The standard InChI is InChI=1S/C15H21FN2O2/c1-2-18(13-7-5-12(16)6-8-13)15(19)11-17-10-14-4-3-9-20-14/h5-8,14,17H,2-4,9-11H2,1H3. The summed E-state index contributed by atoms with van der Waals surface area (Å²) < 4.78 is 18.4. The predicted molar refractivity (Wildman–Crippen MR) is 76.3 cm³/mol. The number of anilines is 1. The Balaban J connectivity index is 1.83. The zero-order valence-corrected chi connectivity index (χ0v) is 11.8. The van der Waals surface area contributed by atoms with E-state index in [1.54, 1.807) is 17.0 Å². The normalized spacial score (nSPS) is 18.2. The van der Waals surface area contributed by atoms with E-state index in [-0.39, 0.29) is 24.4 Å². The minimum Gasteiger partial charge on any atom is -0.377 e. The highest BCUT2D eigenvalue weighted by Crippen LogP contribution is 2.15. The zero-order valence-electron chi connectivity index (χ0n) is 11.8. The van der Waals surface area contributed by atoms with Gasteiger partial charge >= 0.3 is 0 Å². The van der Waals surface area contributed by atoms with Crippen LogP contribution in [-0.2, 0) is 9.53 Å². The Morgan fingerprint density at radius 2 is 2.20 bits per heavy atom. The minimum absolute atomic E-state index is 0.0166. The van der Waals surface area contributed by atoms with Crippen molar-refractivity contribution in [1.82, 2.24) is 5.32 Å². The number of ether oxygens (including phenoxy) is 1. The van der Waals surface area contributed by atoms with Gasteiger partial charge in [0, 0.05) is 25.4 Å². The molecule has 1 aromatic carbocycles. The van der Waals surface area contributed by atoms with Crippen molar-refractivity contribution < 1.29 is 13.9 Å². The molecule has 1 heterocycles. The van der Waals surface area contributed by atoms with Crippen molar-refractivity contribution in [2.24, 2.45) is 0 Å². The van der Waals surface area contributed by atoms with E-state index >= 15 is 0 Å². The number of amides is 1. The quantitative estimate of drug-likeness (QED) is 0.866. The van der Waals surface area contributed by atoms with Gasteiger partial charge in [0.1, 0.15) is 5.82 Å². The van der Waals surface area contributed by atoms with Crippen molar-refractivity contribution in [3.05, 3.63) is 30.1 Å². The van der Waals surface area contributed by atoms with Gasteiger partial charge in [-0.05, 0) is 44.0 Å². The molecule has 1 saturated heterocycles. The molecule has 1 aliphatic heterocycles. The summed E-state index contributed by atoms with van der Waals surface area (Å²) in [6, 6.07) is 5.98. The molecule has 0 aliphatic carbocycles. The number of nitrogens with one attached hydrogen (secondary N) is 1.